The van der Waals surface area contributed by atoms with Crippen LogP contribution in [0.15, 0.2) is 18.3 Å². The average Bonchev–Trinajstić information content (AvgIpc) is 1.91. The molecule has 0 amide bonds. The Bertz CT molecular complexity index is 246. The van der Waals surface area contributed by atoms with E-state index in [1.165, 1.54) is 12.3 Å². The molecule has 12 heavy (non-hydrogen) atoms. The highest BCUT2D eigenvalue weighted by Crippen LogP contribution is 2.18. The van der Waals surface area contributed by atoms with E-state index >= 15 is 0 Å². The first kappa shape index (κ1) is 9.17. The molecule has 0 unspecified atom stereocenters. The molecular weight excluding hydrogens is 153 g/mol. The van der Waals surface area contributed by atoms with Gasteiger partial charge in [-0.3, -0.25) is 4.98 Å². The predicted octanol–water partition coefficient (Wildman–Crippen LogP) is 2.62. The van der Waals surface area contributed by atoms with Crippen LogP contribution < -0.4 is 0 Å². The molecule has 0 aromatic carbocycles. The minimum absolute atomic E-state index is 0.0369. The van der Waals surface area contributed by atoms with Crippen molar-refractivity contribution in [2.45, 2.75) is 20.3 Å². The van der Waals surface area contributed by atoms with E-state index in [4.69, 9.17) is 0 Å². The van der Waals surface area contributed by atoms with Crippen LogP contribution in [0.5, 0.6) is 0 Å². The van der Waals surface area contributed by atoms with Crippen molar-refractivity contribution in [1.82, 2.24) is 4.98 Å². The molecule has 0 spiro atoms. The Hall–Kier alpha value is -0.920. The molecule has 1 heterocycles. The maximum atomic E-state index is 12.4. The fraction of sp³-hybridized carbons (Fsp3) is 0.400. The van der Waals surface area contributed by atoms with Gasteiger partial charge in [0.2, 0.25) is 0 Å². The topological polar surface area (TPSA) is 12.9 Å². The normalized spacial score (nSPS) is 11.7. The fourth-order valence-electron chi connectivity index (χ4n) is 1.00. The van der Waals surface area contributed by atoms with Crippen LogP contribution in [-0.4, -0.2) is 4.98 Å². The standard InChI is InChI=1S/C10H13FN/c1-10(2,3)6-9-5-4-8(11)7-12-9/h4-5,7H,1,6H2,2-3H3. The summed E-state index contributed by atoms with van der Waals surface area (Å²) in [6.07, 6.45) is 2.01. The SMILES string of the molecule is [CH2]C(C)(C)Cc1ccc(F)cn1. The van der Waals surface area contributed by atoms with Crippen LogP contribution in [-0.2, 0) is 6.42 Å². The minimum atomic E-state index is -0.291. The second-order valence-corrected chi connectivity index (χ2v) is 3.81. The quantitative estimate of drug-likeness (QED) is 0.658. The lowest BCUT2D eigenvalue weighted by atomic mass is 9.90. The van der Waals surface area contributed by atoms with E-state index in [0.29, 0.717) is 0 Å². The highest BCUT2D eigenvalue weighted by Gasteiger charge is 2.11. The summed E-state index contributed by atoms with van der Waals surface area (Å²) in [4.78, 5) is 3.95. The van der Waals surface area contributed by atoms with Gasteiger partial charge in [0.1, 0.15) is 5.82 Å². The number of pyridine rings is 1. The smallest absolute Gasteiger partial charge is 0.141 e. The molecule has 0 fully saturated rings. The van der Waals surface area contributed by atoms with Crippen LogP contribution in [0.25, 0.3) is 0 Å². The van der Waals surface area contributed by atoms with Crippen molar-refractivity contribution < 1.29 is 4.39 Å². The lowest BCUT2D eigenvalue weighted by Crippen LogP contribution is -2.10. The molecule has 65 valence electrons. The molecule has 0 saturated heterocycles. The molecule has 1 nitrogen and oxygen atoms in total. The molecule has 1 aromatic rings. The van der Waals surface area contributed by atoms with Crippen molar-refractivity contribution >= 4 is 0 Å². The van der Waals surface area contributed by atoms with E-state index in [2.05, 4.69) is 11.9 Å². The third-order valence-electron chi connectivity index (χ3n) is 1.45. The zero-order chi connectivity index (χ0) is 9.19. The van der Waals surface area contributed by atoms with Crippen molar-refractivity contribution in [2.24, 2.45) is 5.41 Å². The van der Waals surface area contributed by atoms with Crippen LogP contribution in [0, 0.1) is 18.2 Å². The van der Waals surface area contributed by atoms with Crippen molar-refractivity contribution in [1.29, 1.82) is 0 Å². The van der Waals surface area contributed by atoms with E-state index < -0.39 is 0 Å². The van der Waals surface area contributed by atoms with Gasteiger partial charge in [0.25, 0.3) is 0 Å². The Kier molecular flexibility index (Phi) is 2.46. The third-order valence-corrected chi connectivity index (χ3v) is 1.45. The van der Waals surface area contributed by atoms with Gasteiger partial charge in [0.15, 0.2) is 0 Å². The van der Waals surface area contributed by atoms with Gasteiger partial charge in [0, 0.05) is 5.69 Å². The summed E-state index contributed by atoms with van der Waals surface area (Å²) in [6, 6.07) is 3.12. The molecule has 1 aromatic heterocycles. The Morgan fingerprint density at radius 3 is 2.58 bits per heavy atom. The molecule has 0 aliphatic carbocycles. The third kappa shape index (κ3) is 2.99. The maximum absolute atomic E-state index is 12.4. The monoisotopic (exact) mass is 166 g/mol. The highest BCUT2D eigenvalue weighted by atomic mass is 19.1. The molecule has 0 aliphatic rings. The van der Waals surface area contributed by atoms with Crippen molar-refractivity contribution in [3.8, 4) is 0 Å². The number of nitrogens with zero attached hydrogens (tertiary/aromatic N) is 1. The summed E-state index contributed by atoms with van der Waals surface area (Å²) in [5.74, 6) is -0.291. The predicted molar refractivity (Wildman–Crippen MR) is 47.0 cm³/mol. The molecule has 0 bridgehead atoms. The van der Waals surface area contributed by atoms with Gasteiger partial charge in [-0.15, -0.1) is 0 Å². The maximum Gasteiger partial charge on any atom is 0.141 e. The number of hydrogen-bond acceptors (Lipinski definition) is 1. The second kappa shape index (κ2) is 3.21. The van der Waals surface area contributed by atoms with E-state index in [0.717, 1.165) is 12.1 Å². The van der Waals surface area contributed by atoms with Crippen LogP contribution >= 0.6 is 0 Å². The van der Waals surface area contributed by atoms with Crippen LogP contribution in [0.4, 0.5) is 4.39 Å². The van der Waals surface area contributed by atoms with Crippen molar-refractivity contribution in [2.75, 3.05) is 0 Å². The van der Waals surface area contributed by atoms with Crippen LogP contribution in [0.3, 0.4) is 0 Å². The Balaban J connectivity index is 2.71. The summed E-state index contributed by atoms with van der Waals surface area (Å²) in [5, 5.41) is 0. The van der Waals surface area contributed by atoms with Crippen molar-refractivity contribution in [3.63, 3.8) is 0 Å². The lowest BCUT2D eigenvalue weighted by molar-refractivity contribution is 0.465. The molecule has 0 N–H and O–H groups in total. The Morgan fingerprint density at radius 1 is 1.50 bits per heavy atom. The zero-order valence-electron chi connectivity index (χ0n) is 7.47. The van der Waals surface area contributed by atoms with E-state index in [-0.39, 0.29) is 11.2 Å². The van der Waals surface area contributed by atoms with Gasteiger partial charge >= 0.3 is 0 Å². The van der Waals surface area contributed by atoms with Crippen LogP contribution in [0.2, 0.25) is 0 Å². The molecule has 0 aliphatic heterocycles. The minimum Gasteiger partial charge on any atom is -0.258 e. The number of halogens is 1. The molecule has 1 rings (SSSR count). The Morgan fingerprint density at radius 2 is 2.17 bits per heavy atom. The zero-order valence-corrected chi connectivity index (χ0v) is 7.47. The van der Waals surface area contributed by atoms with Gasteiger partial charge in [-0.2, -0.15) is 0 Å². The van der Waals surface area contributed by atoms with Gasteiger partial charge in [-0.05, 0) is 30.9 Å². The van der Waals surface area contributed by atoms with Gasteiger partial charge in [0.05, 0.1) is 6.20 Å². The molecule has 2 heteroatoms. The van der Waals surface area contributed by atoms with Crippen molar-refractivity contribution in [3.05, 3.63) is 36.8 Å². The summed E-state index contributed by atoms with van der Waals surface area (Å²) < 4.78 is 12.4. The van der Waals surface area contributed by atoms with Crippen LogP contribution in [0.1, 0.15) is 19.5 Å². The first-order chi connectivity index (χ1) is 5.47. The summed E-state index contributed by atoms with van der Waals surface area (Å²) in [5.41, 5.74) is 0.849. The van der Waals surface area contributed by atoms with Gasteiger partial charge in [-0.25, -0.2) is 4.39 Å². The fourth-order valence-corrected chi connectivity index (χ4v) is 1.00. The average molecular weight is 166 g/mol. The van der Waals surface area contributed by atoms with E-state index in [1.807, 2.05) is 13.8 Å². The second-order valence-electron chi connectivity index (χ2n) is 3.81. The molecule has 1 radical (unpaired) electrons. The van der Waals surface area contributed by atoms with E-state index in [1.54, 1.807) is 6.07 Å². The molecule has 0 atom stereocenters. The largest absolute Gasteiger partial charge is 0.258 e. The van der Waals surface area contributed by atoms with Gasteiger partial charge in [-0.1, -0.05) is 13.8 Å². The lowest BCUT2D eigenvalue weighted by Gasteiger charge is -2.16. The van der Waals surface area contributed by atoms with E-state index in [9.17, 15) is 4.39 Å². The number of rotatable bonds is 2. The number of aromatic nitrogens is 1. The molecule has 0 saturated carbocycles. The molecular formula is C10H13FN. The van der Waals surface area contributed by atoms with Gasteiger partial charge < -0.3 is 0 Å². The first-order valence-electron chi connectivity index (χ1n) is 3.93. The summed E-state index contributed by atoms with van der Waals surface area (Å²) in [6.45, 7) is 8.01. The summed E-state index contributed by atoms with van der Waals surface area (Å²) >= 11 is 0. The summed E-state index contributed by atoms with van der Waals surface area (Å²) in [7, 11) is 0. The first-order valence-corrected chi connectivity index (χ1v) is 3.93. The number of hydrogen-bond donors (Lipinski definition) is 0. The Labute approximate surface area is 72.6 Å². The highest BCUT2D eigenvalue weighted by molar-refractivity contribution is 5.07.